The molecule has 1 saturated heterocycles. The lowest BCUT2D eigenvalue weighted by atomic mass is 10.2. The molecule has 0 spiro atoms. The zero-order valence-electron chi connectivity index (χ0n) is 11.5. The topological polar surface area (TPSA) is 71.3 Å². The van der Waals surface area contributed by atoms with Gasteiger partial charge in [0.1, 0.15) is 6.17 Å². The molecule has 1 aliphatic heterocycles. The van der Waals surface area contributed by atoms with E-state index in [0.29, 0.717) is 30.4 Å². The fourth-order valence-corrected chi connectivity index (χ4v) is 3.03. The lowest BCUT2D eigenvalue weighted by Gasteiger charge is -2.22. The Balaban J connectivity index is 1.64. The van der Waals surface area contributed by atoms with E-state index < -0.39 is 6.17 Å². The molecule has 2 atom stereocenters. The van der Waals surface area contributed by atoms with E-state index in [1.165, 1.54) is 11.3 Å². The van der Waals surface area contributed by atoms with Crippen molar-refractivity contribution in [2.24, 2.45) is 0 Å². The van der Waals surface area contributed by atoms with Crippen LogP contribution in [0.25, 0.3) is 0 Å². The van der Waals surface area contributed by atoms with Crippen molar-refractivity contribution >= 4 is 23.3 Å². The summed E-state index contributed by atoms with van der Waals surface area (Å²) in [5.74, 6) is 0.286. The Morgan fingerprint density at radius 1 is 1.62 bits per heavy atom. The SMILES string of the molecule is Cc1nnc(N2C[C@@H](F)C[C@H]2CNC(=O)c2ccsc2)o1. The van der Waals surface area contributed by atoms with Crippen LogP contribution in [0, 0.1) is 6.92 Å². The molecule has 112 valence electrons. The van der Waals surface area contributed by atoms with Crippen molar-refractivity contribution in [1.82, 2.24) is 15.5 Å². The largest absolute Gasteiger partial charge is 0.408 e. The number of hydrogen-bond donors (Lipinski definition) is 1. The fraction of sp³-hybridized carbons (Fsp3) is 0.462. The minimum Gasteiger partial charge on any atom is -0.408 e. The second kappa shape index (κ2) is 5.80. The van der Waals surface area contributed by atoms with E-state index >= 15 is 0 Å². The van der Waals surface area contributed by atoms with E-state index in [4.69, 9.17) is 4.42 Å². The van der Waals surface area contributed by atoms with Crippen molar-refractivity contribution in [2.75, 3.05) is 18.0 Å². The van der Waals surface area contributed by atoms with Crippen molar-refractivity contribution < 1.29 is 13.6 Å². The Hall–Kier alpha value is -1.96. The van der Waals surface area contributed by atoms with Crippen LogP contribution in [0.1, 0.15) is 22.7 Å². The minimum atomic E-state index is -0.958. The smallest absolute Gasteiger partial charge is 0.318 e. The summed E-state index contributed by atoms with van der Waals surface area (Å²) in [6.45, 7) is 2.24. The summed E-state index contributed by atoms with van der Waals surface area (Å²) in [5, 5.41) is 14.1. The molecule has 1 N–H and O–H groups in total. The van der Waals surface area contributed by atoms with Crippen LogP contribution in [0.4, 0.5) is 10.4 Å². The highest BCUT2D eigenvalue weighted by atomic mass is 32.1. The molecule has 2 aromatic heterocycles. The molecule has 8 heteroatoms. The highest BCUT2D eigenvalue weighted by Crippen LogP contribution is 2.25. The third kappa shape index (κ3) is 3.05. The predicted molar refractivity (Wildman–Crippen MR) is 76.3 cm³/mol. The zero-order valence-corrected chi connectivity index (χ0v) is 12.3. The van der Waals surface area contributed by atoms with E-state index in [2.05, 4.69) is 15.5 Å². The van der Waals surface area contributed by atoms with Crippen molar-refractivity contribution in [3.8, 4) is 0 Å². The monoisotopic (exact) mass is 310 g/mol. The molecule has 0 aliphatic carbocycles. The Morgan fingerprint density at radius 2 is 2.48 bits per heavy atom. The maximum Gasteiger partial charge on any atom is 0.318 e. The number of anilines is 1. The Morgan fingerprint density at radius 3 is 3.14 bits per heavy atom. The first-order chi connectivity index (χ1) is 10.1. The molecule has 0 bridgehead atoms. The van der Waals surface area contributed by atoms with Gasteiger partial charge < -0.3 is 14.6 Å². The molecule has 1 amide bonds. The molecule has 1 fully saturated rings. The van der Waals surface area contributed by atoms with Gasteiger partial charge in [0.15, 0.2) is 0 Å². The van der Waals surface area contributed by atoms with Crippen LogP contribution in [0.2, 0.25) is 0 Å². The number of amides is 1. The third-order valence-corrected chi connectivity index (χ3v) is 4.09. The van der Waals surface area contributed by atoms with Crippen LogP contribution in [0.5, 0.6) is 0 Å². The summed E-state index contributed by atoms with van der Waals surface area (Å²) in [6, 6.07) is 1.89. The second-order valence-electron chi connectivity index (χ2n) is 4.96. The molecular weight excluding hydrogens is 295 g/mol. The summed E-state index contributed by atoms with van der Waals surface area (Å²) in [7, 11) is 0. The van der Waals surface area contributed by atoms with Gasteiger partial charge in [0.25, 0.3) is 5.91 Å². The highest BCUT2D eigenvalue weighted by Gasteiger charge is 2.35. The molecule has 2 aromatic rings. The lowest BCUT2D eigenvalue weighted by Crippen LogP contribution is -2.40. The lowest BCUT2D eigenvalue weighted by molar-refractivity contribution is 0.0951. The normalized spacial score (nSPS) is 21.7. The quantitative estimate of drug-likeness (QED) is 0.932. The number of nitrogens with zero attached hydrogens (tertiary/aromatic N) is 3. The number of carbonyl (C=O) groups excluding carboxylic acids is 1. The van der Waals surface area contributed by atoms with Crippen LogP contribution in [0.3, 0.4) is 0 Å². The van der Waals surface area contributed by atoms with Crippen molar-refractivity contribution in [1.29, 1.82) is 0 Å². The van der Waals surface area contributed by atoms with Crippen molar-refractivity contribution in [2.45, 2.75) is 25.6 Å². The van der Waals surface area contributed by atoms with Gasteiger partial charge in [-0.2, -0.15) is 11.3 Å². The second-order valence-corrected chi connectivity index (χ2v) is 5.74. The minimum absolute atomic E-state index is 0.153. The predicted octanol–water partition coefficient (Wildman–Crippen LogP) is 1.79. The average Bonchev–Trinajstić information content (AvgIpc) is 3.16. The molecule has 1 aliphatic rings. The summed E-state index contributed by atoms with van der Waals surface area (Å²) >= 11 is 1.46. The van der Waals surface area contributed by atoms with Crippen LogP contribution in [-0.4, -0.2) is 41.4 Å². The number of thiophene rings is 1. The number of aryl methyl sites for hydroxylation is 1. The molecule has 0 radical (unpaired) electrons. The molecule has 3 rings (SSSR count). The number of aromatic nitrogens is 2. The first-order valence-corrected chi connectivity index (χ1v) is 7.59. The summed E-state index contributed by atoms with van der Waals surface area (Å²) in [4.78, 5) is 13.6. The first kappa shape index (κ1) is 14.0. The summed E-state index contributed by atoms with van der Waals surface area (Å²) in [5.41, 5.74) is 0.620. The third-order valence-electron chi connectivity index (χ3n) is 3.41. The maximum absolute atomic E-state index is 13.7. The van der Waals surface area contributed by atoms with E-state index in [9.17, 15) is 9.18 Å². The molecule has 3 heterocycles. The molecule has 0 aromatic carbocycles. The maximum atomic E-state index is 13.7. The van der Waals surface area contributed by atoms with E-state index in [-0.39, 0.29) is 18.5 Å². The number of hydrogen-bond acceptors (Lipinski definition) is 6. The number of rotatable bonds is 4. The average molecular weight is 310 g/mol. The molecule has 6 nitrogen and oxygen atoms in total. The Labute approximate surface area is 125 Å². The van der Waals surface area contributed by atoms with Gasteiger partial charge in [-0.1, -0.05) is 5.10 Å². The number of carbonyl (C=O) groups is 1. The van der Waals surface area contributed by atoms with Gasteiger partial charge in [0, 0.05) is 30.8 Å². The van der Waals surface area contributed by atoms with Gasteiger partial charge in [-0.05, 0) is 11.4 Å². The van der Waals surface area contributed by atoms with E-state index in [1.54, 1.807) is 23.3 Å². The summed E-state index contributed by atoms with van der Waals surface area (Å²) < 4.78 is 19.0. The fourth-order valence-electron chi connectivity index (χ4n) is 2.40. The van der Waals surface area contributed by atoms with Crippen LogP contribution >= 0.6 is 11.3 Å². The molecular formula is C13H15FN4O2S. The van der Waals surface area contributed by atoms with Gasteiger partial charge in [-0.3, -0.25) is 4.79 Å². The zero-order chi connectivity index (χ0) is 14.8. The van der Waals surface area contributed by atoms with Crippen LogP contribution in [0.15, 0.2) is 21.2 Å². The van der Waals surface area contributed by atoms with Crippen LogP contribution < -0.4 is 10.2 Å². The number of halogens is 1. The first-order valence-electron chi connectivity index (χ1n) is 6.64. The Bertz CT molecular complexity index is 615. The molecule has 21 heavy (non-hydrogen) atoms. The van der Waals surface area contributed by atoms with Gasteiger partial charge in [0.2, 0.25) is 5.89 Å². The van der Waals surface area contributed by atoms with Crippen molar-refractivity contribution in [3.63, 3.8) is 0 Å². The van der Waals surface area contributed by atoms with Gasteiger partial charge in [-0.25, -0.2) is 4.39 Å². The van der Waals surface area contributed by atoms with Crippen LogP contribution in [-0.2, 0) is 0 Å². The van der Waals surface area contributed by atoms with Gasteiger partial charge in [-0.15, -0.1) is 5.10 Å². The Kier molecular flexibility index (Phi) is 3.87. The molecule has 0 saturated carbocycles. The van der Waals surface area contributed by atoms with E-state index in [1.807, 2.05) is 5.38 Å². The molecule has 0 unspecified atom stereocenters. The van der Waals surface area contributed by atoms with Crippen molar-refractivity contribution in [3.05, 3.63) is 28.3 Å². The number of alkyl halides is 1. The number of nitrogens with one attached hydrogen (secondary N) is 1. The van der Waals surface area contributed by atoms with Gasteiger partial charge in [0.05, 0.1) is 12.6 Å². The standard InChI is InChI=1S/C13H15FN4O2S/c1-8-16-17-13(20-8)18-6-10(14)4-11(18)5-15-12(19)9-2-3-21-7-9/h2-3,7,10-11H,4-6H2,1H3,(H,15,19)/t10-,11-/m0/s1. The summed E-state index contributed by atoms with van der Waals surface area (Å²) in [6.07, 6.45) is -0.619. The van der Waals surface area contributed by atoms with Gasteiger partial charge >= 0.3 is 6.01 Å². The highest BCUT2D eigenvalue weighted by molar-refractivity contribution is 7.08. The van der Waals surface area contributed by atoms with E-state index in [0.717, 1.165) is 0 Å².